The van der Waals surface area contributed by atoms with Crippen molar-refractivity contribution in [3.05, 3.63) is 34.4 Å². The van der Waals surface area contributed by atoms with Gasteiger partial charge in [0.25, 0.3) is 5.69 Å². The number of nitrogens with one attached hydrogen (secondary N) is 1. The Morgan fingerprint density at radius 3 is 2.53 bits per heavy atom. The molecule has 92 valence electrons. The van der Waals surface area contributed by atoms with Crippen LogP contribution < -0.4 is 4.72 Å². The Bertz CT molecular complexity index is 557. The van der Waals surface area contributed by atoms with Crippen molar-refractivity contribution in [2.24, 2.45) is 0 Å². The van der Waals surface area contributed by atoms with Crippen molar-refractivity contribution in [1.29, 1.82) is 0 Å². The van der Waals surface area contributed by atoms with Crippen LogP contribution in [0.25, 0.3) is 0 Å². The minimum Gasteiger partial charge on any atom is -0.280 e. The van der Waals surface area contributed by atoms with Crippen LogP contribution in [0.3, 0.4) is 0 Å². The largest absolute Gasteiger partial charge is 0.289 e. The van der Waals surface area contributed by atoms with Crippen LogP contribution in [0, 0.1) is 10.1 Å². The van der Waals surface area contributed by atoms with E-state index in [1.54, 1.807) is 0 Å². The fraction of sp³-hybridized carbons (Fsp3) is 0.125. The van der Waals surface area contributed by atoms with Gasteiger partial charge in [-0.25, -0.2) is 13.1 Å². The molecule has 0 unspecified atom stereocenters. The Morgan fingerprint density at radius 1 is 1.41 bits per heavy atom. The minimum atomic E-state index is -4.13. The number of nitro benzene ring substituents is 1. The topological polar surface area (TPSA) is 106 Å². The molecule has 1 rings (SSSR count). The van der Waals surface area contributed by atoms with Crippen LogP contribution in [0.15, 0.2) is 29.2 Å². The molecular formula is C8H7ClN2O5S. The third-order valence-electron chi connectivity index (χ3n) is 1.75. The van der Waals surface area contributed by atoms with E-state index in [0.717, 1.165) is 12.1 Å². The molecule has 0 saturated heterocycles. The van der Waals surface area contributed by atoms with Gasteiger partial charge in [0, 0.05) is 6.07 Å². The van der Waals surface area contributed by atoms with E-state index in [-0.39, 0.29) is 0 Å². The van der Waals surface area contributed by atoms with Crippen molar-refractivity contribution < 1.29 is 18.1 Å². The van der Waals surface area contributed by atoms with Gasteiger partial charge in [0.15, 0.2) is 4.90 Å². The molecule has 0 bridgehead atoms. The molecule has 0 fully saturated rings. The van der Waals surface area contributed by atoms with Gasteiger partial charge in [0.2, 0.25) is 15.3 Å². The third kappa shape index (κ3) is 3.48. The molecule has 0 aliphatic carbocycles. The molecule has 17 heavy (non-hydrogen) atoms. The highest BCUT2D eigenvalue weighted by Gasteiger charge is 2.24. The average Bonchev–Trinajstić information content (AvgIpc) is 2.26. The zero-order valence-electron chi connectivity index (χ0n) is 8.29. The number of nitro groups is 1. The number of carbonyl (C=O) groups excluding carboxylic acids is 1. The predicted molar refractivity (Wildman–Crippen MR) is 59.1 cm³/mol. The fourth-order valence-electron chi connectivity index (χ4n) is 1.06. The summed E-state index contributed by atoms with van der Waals surface area (Å²) >= 11 is 4.97. The van der Waals surface area contributed by atoms with E-state index >= 15 is 0 Å². The van der Waals surface area contributed by atoms with E-state index in [1.807, 2.05) is 4.72 Å². The predicted octanol–water partition coefficient (Wildman–Crippen LogP) is 0.639. The third-order valence-corrected chi connectivity index (χ3v) is 3.33. The van der Waals surface area contributed by atoms with Crippen LogP contribution >= 0.6 is 11.6 Å². The Morgan fingerprint density at radius 2 is 2.00 bits per heavy atom. The average molecular weight is 279 g/mol. The van der Waals surface area contributed by atoms with Gasteiger partial charge in [-0.1, -0.05) is 12.1 Å². The Balaban J connectivity index is 3.15. The first-order valence-electron chi connectivity index (χ1n) is 4.26. The van der Waals surface area contributed by atoms with Gasteiger partial charge in [-0.15, -0.1) is 0 Å². The summed E-state index contributed by atoms with van der Waals surface area (Å²) in [5.41, 5.74) is -0.568. The molecule has 0 spiro atoms. The number of hydrogen-bond acceptors (Lipinski definition) is 5. The minimum absolute atomic E-state index is 0.511. The summed E-state index contributed by atoms with van der Waals surface area (Å²) in [6.45, 7) is -0.629. The lowest BCUT2D eigenvalue weighted by atomic mass is 10.3. The van der Waals surface area contributed by atoms with Gasteiger partial charge in [-0.05, 0) is 17.7 Å². The zero-order chi connectivity index (χ0) is 13.1. The summed E-state index contributed by atoms with van der Waals surface area (Å²) in [6.07, 6.45) is 0. The summed E-state index contributed by atoms with van der Waals surface area (Å²) in [4.78, 5) is 19.7. The van der Waals surface area contributed by atoms with E-state index < -0.39 is 37.3 Å². The molecule has 0 heterocycles. The second-order valence-electron chi connectivity index (χ2n) is 2.90. The second kappa shape index (κ2) is 5.21. The van der Waals surface area contributed by atoms with E-state index in [9.17, 15) is 23.3 Å². The van der Waals surface area contributed by atoms with Crippen molar-refractivity contribution in [3.8, 4) is 0 Å². The molecule has 9 heteroatoms. The lowest BCUT2D eigenvalue weighted by Gasteiger charge is -2.04. The Labute approximate surface area is 102 Å². The Hall–Kier alpha value is -1.51. The molecule has 1 aromatic rings. The van der Waals surface area contributed by atoms with E-state index in [1.165, 1.54) is 12.1 Å². The molecular weight excluding hydrogens is 272 g/mol. The maximum atomic E-state index is 11.6. The molecule has 0 aliphatic heterocycles. The number of benzene rings is 1. The quantitative estimate of drug-likeness (QED) is 0.483. The molecule has 0 aliphatic rings. The maximum absolute atomic E-state index is 11.6. The SMILES string of the molecule is O=C(Cl)CNS(=O)(=O)c1ccccc1[N+](=O)[O-]. The highest BCUT2D eigenvalue weighted by molar-refractivity contribution is 7.89. The van der Waals surface area contributed by atoms with Gasteiger partial charge < -0.3 is 0 Å². The van der Waals surface area contributed by atoms with Gasteiger partial charge >= 0.3 is 0 Å². The summed E-state index contributed by atoms with van der Waals surface area (Å²) in [7, 11) is -4.13. The molecule has 0 atom stereocenters. The van der Waals surface area contributed by atoms with Crippen LogP contribution in [0.2, 0.25) is 0 Å². The van der Waals surface area contributed by atoms with Gasteiger partial charge in [0.05, 0.1) is 11.5 Å². The number of nitrogens with zero attached hydrogens (tertiary/aromatic N) is 1. The van der Waals surface area contributed by atoms with Crippen LogP contribution in [0.4, 0.5) is 5.69 Å². The van der Waals surface area contributed by atoms with Crippen molar-refractivity contribution in [2.45, 2.75) is 4.90 Å². The molecule has 0 aromatic heterocycles. The molecule has 0 saturated carbocycles. The number of carbonyl (C=O) groups is 1. The van der Waals surface area contributed by atoms with Crippen molar-refractivity contribution >= 4 is 32.6 Å². The highest BCUT2D eigenvalue weighted by atomic mass is 35.5. The zero-order valence-corrected chi connectivity index (χ0v) is 9.86. The molecule has 0 radical (unpaired) electrons. The fourth-order valence-corrected chi connectivity index (χ4v) is 2.36. The molecule has 0 amide bonds. The molecule has 1 N–H and O–H groups in total. The standard InChI is InChI=1S/C8H7ClN2O5S/c9-8(12)5-10-17(15,16)7-4-2-1-3-6(7)11(13)14/h1-4,10H,5H2. The van der Waals surface area contributed by atoms with E-state index in [0.29, 0.717) is 0 Å². The first kappa shape index (κ1) is 13.6. The summed E-state index contributed by atoms with van der Waals surface area (Å²) in [5.74, 6) is 0. The Kier molecular flexibility index (Phi) is 4.16. The maximum Gasteiger partial charge on any atom is 0.289 e. The second-order valence-corrected chi connectivity index (χ2v) is 5.06. The van der Waals surface area contributed by atoms with Crippen molar-refractivity contribution in [2.75, 3.05) is 6.54 Å². The number of para-hydroxylation sites is 1. The van der Waals surface area contributed by atoms with Crippen molar-refractivity contribution in [1.82, 2.24) is 4.72 Å². The van der Waals surface area contributed by atoms with Crippen LogP contribution in [0.1, 0.15) is 0 Å². The van der Waals surface area contributed by atoms with Crippen LogP contribution in [-0.2, 0) is 14.8 Å². The number of hydrogen-bond donors (Lipinski definition) is 1. The summed E-state index contributed by atoms with van der Waals surface area (Å²) in [5, 5.41) is 9.72. The number of halogens is 1. The van der Waals surface area contributed by atoms with Gasteiger partial charge in [-0.3, -0.25) is 14.9 Å². The summed E-state index contributed by atoms with van der Waals surface area (Å²) < 4.78 is 25.1. The lowest BCUT2D eigenvalue weighted by molar-refractivity contribution is -0.387. The smallest absolute Gasteiger partial charge is 0.280 e. The van der Waals surface area contributed by atoms with Crippen LogP contribution in [-0.4, -0.2) is 25.1 Å². The monoisotopic (exact) mass is 278 g/mol. The molecule has 7 nitrogen and oxygen atoms in total. The van der Waals surface area contributed by atoms with Gasteiger partial charge in [-0.2, -0.15) is 0 Å². The first-order chi connectivity index (χ1) is 7.84. The normalized spacial score (nSPS) is 11.1. The van der Waals surface area contributed by atoms with Crippen LogP contribution in [0.5, 0.6) is 0 Å². The van der Waals surface area contributed by atoms with Gasteiger partial charge in [0.1, 0.15) is 0 Å². The van der Waals surface area contributed by atoms with E-state index in [4.69, 9.17) is 11.6 Å². The number of rotatable bonds is 5. The highest BCUT2D eigenvalue weighted by Crippen LogP contribution is 2.22. The first-order valence-corrected chi connectivity index (χ1v) is 6.12. The van der Waals surface area contributed by atoms with E-state index in [2.05, 4.69) is 0 Å². The molecule has 1 aromatic carbocycles. The summed E-state index contributed by atoms with van der Waals surface area (Å²) in [6, 6.07) is 4.80. The number of sulfonamides is 1. The van der Waals surface area contributed by atoms with Crippen molar-refractivity contribution in [3.63, 3.8) is 0 Å². The lowest BCUT2D eigenvalue weighted by Crippen LogP contribution is -2.28.